The van der Waals surface area contributed by atoms with E-state index in [0.29, 0.717) is 0 Å². The van der Waals surface area contributed by atoms with E-state index in [0.717, 1.165) is 50.1 Å². The van der Waals surface area contributed by atoms with Crippen molar-refractivity contribution in [3.8, 4) is 33.4 Å². The van der Waals surface area contributed by atoms with E-state index < -0.39 is 5.41 Å². The van der Waals surface area contributed by atoms with Gasteiger partial charge in [0.1, 0.15) is 11.2 Å². The normalized spacial score (nSPS) is 12.8. The Bertz CT molecular complexity index is 3690. The first-order valence-electron chi connectivity index (χ1n) is 21.9. The van der Waals surface area contributed by atoms with Gasteiger partial charge in [0.25, 0.3) is 0 Å². The van der Waals surface area contributed by atoms with Gasteiger partial charge in [0.2, 0.25) is 0 Å². The maximum absolute atomic E-state index is 6.91. The van der Waals surface area contributed by atoms with Gasteiger partial charge < -0.3 is 9.32 Å². The van der Waals surface area contributed by atoms with Gasteiger partial charge in [-0.25, -0.2) is 0 Å². The monoisotopic (exact) mass is 833 g/mol. The first-order chi connectivity index (χ1) is 31.8. The lowest BCUT2D eigenvalue weighted by Crippen LogP contribution is -2.28. The lowest BCUT2D eigenvalue weighted by atomic mass is 9.67. The van der Waals surface area contributed by atoms with E-state index in [4.69, 9.17) is 4.42 Å². The fraction of sp³-hybridized carbons (Fsp3) is 0.0164. The van der Waals surface area contributed by atoms with Crippen LogP contribution in [-0.2, 0) is 5.41 Å². The Labute approximate surface area is 375 Å². The molecule has 12 aromatic rings. The Morgan fingerprint density at radius 2 is 0.969 bits per heavy atom. The zero-order valence-corrected chi connectivity index (χ0v) is 35.6. The van der Waals surface area contributed by atoms with Crippen molar-refractivity contribution in [1.29, 1.82) is 0 Å². The molecule has 0 amide bonds. The number of rotatable bonds is 7. The maximum atomic E-state index is 6.91. The smallest absolute Gasteiger partial charge is 0.145 e. The van der Waals surface area contributed by atoms with Crippen molar-refractivity contribution in [2.75, 3.05) is 4.90 Å². The van der Waals surface area contributed by atoms with Gasteiger partial charge in [-0.15, -0.1) is 11.3 Å². The van der Waals surface area contributed by atoms with E-state index in [1.807, 2.05) is 11.3 Å². The van der Waals surface area contributed by atoms with Crippen molar-refractivity contribution in [3.05, 3.63) is 259 Å². The van der Waals surface area contributed by atoms with Crippen LogP contribution in [0, 0.1) is 0 Å². The third-order valence-corrected chi connectivity index (χ3v) is 14.5. The van der Waals surface area contributed by atoms with E-state index in [-0.39, 0.29) is 0 Å². The van der Waals surface area contributed by atoms with E-state index in [9.17, 15) is 0 Å². The molecule has 0 spiro atoms. The minimum absolute atomic E-state index is 0.553. The molecule has 300 valence electrons. The summed E-state index contributed by atoms with van der Waals surface area (Å²) in [5, 5.41) is 4.69. The number of para-hydroxylation sites is 1. The maximum Gasteiger partial charge on any atom is 0.145 e. The molecule has 0 saturated heterocycles. The minimum Gasteiger partial charge on any atom is -0.455 e. The number of hydrogen-bond donors (Lipinski definition) is 0. The molecule has 64 heavy (non-hydrogen) atoms. The van der Waals surface area contributed by atoms with E-state index in [1.54, 1.807) is 0 Å². The zero-order valence-electron chi connectivity index (χ0n) is 34.8. The van der Waals surface area contributed by atoms with Crippen molar-refractivity contribution in [2.24, 2.45) is 0 Å². The second-order valence-electron chi connectivity index (χ2n) is 16.7. The van der Waals surface area contributed by atoms with Crippen LogP contribution in [0.15, 0.2) is 241 Å². The summed E-state index contributed by atoms with van der Waals surface area (Å²) in [5.74, 6) is 0. The highest BCUT2D eigenvalue weighted by Gasteiger charge is 2.46. The van der Waals surface area contributed by atoms with Gasteiger partial charge in [0.15, 0.2) is 0 Å². The number of nitrogens with zero attached hydrogens (tertiary/aromatic N) is 1. The lowest BCUT2D eigenvalue weighted by molar-refractivity contribution is 0.670. The first kappa shape index (κ1) is 36.7. The highest BCUT2D eigenvalue weighted by atomic mass is 32.1. The molecule has 2 nitrogen and oxygen atoms in total. The second kappa shape index (κ2) is 14.6. The Morgan fingerprint density at radius 3 is 1.72 bits per heavy atom. The molecular formula is C61H39NOS. The van der Waals surface area contributed by atoms with Crippen LogP contribution in [-0.4, -0.2) is 0 Å². The molecule has 10 aromatic carbocycles. The van der Waals surface area contributed by atoms with Crippen LogP contribution in [0.25, 0.3) is 75.5 Å². The number of anilines is 3. The van der Waals surface area contributed by atoms with E-state index in [2.05, 4.69) is 241 Å². The number of thiophene rings is 1. The highest BCUT2D eigenvalue weighted by molar-refractivity contribution is 7.26. The summed E-state index contributed by atoms with van der Waals surface area (Å²) in [6.45, 7) is 0. The quantitative estimate of drug-likeness (QED) is 0.159. The van der Waals surface area contributed by atoms with Crippen molar-refractivity contribution >= 4 is 70.5 Å². The summed E-state index contributed by atoms with van der Waals surface area (Å²) in [6.07, 6.45) is 0. The second-order valence-corrected chi connectivity index (χ2v) is 17.8. The van der Waals surface area contributed by atoms with Crippen molar-refractivity contribution in [1.82, 2.24) is 0 Å². The Morgan fingerprint density at radius 1 is 0.375 bits per heavy atom. The summed E-state index contributed by atoms with van der Waals surface area (Å²) in [6, 6.07) is 86.5. The van der Waals surface area contributed by atoms with E-state index >= 15 is 0 Å². The summed E-state index contributed by atoms with van der Waals surface area (Å²) in [5.41, 5.74) is 16.6. The summed E-state index contributed by atoms with van der Waals surface area (Å²) in [7, 11) is 0. The van der Waals surface area contributed by atoms with Crippen LogP contribution in [0.2, 0.25) is 0 Å². The zero-order chi connectivity index (χ0) is 42.2. The van der Waals surface area contributed by atoms with Crippen LogP contribution < -0.4 is 4.90 Å². The molecule has 0 bridgehead atoms. The SMILES string of the molecule is c1ccc(-c2ccc(N(c3cccc(C4(c5ccccc5)c5ccccc5-c5ccccc54)c3)c3ccc4sc5cccc(-c6ccccc6)c5c4c3)c3c2oc2ccccc23)cc1. The predicted octanol–water partition coefficient (Wildman–Crippen LogP) is 17.1. The Hall–Kier alpha value is -7.98. The Balaban J connectivity index is 1.12. The highest BCUT2D eigenvalue weighted by Crippen LogP contribution is 2.57. The molecule has 0 atom stereocenters. The predicted molar refractivity (Wildman–Crippen MR) is 269 cm³/mol. The topological polar surface area (TPSA) is 16.4 Å². The van der Waals surface area contributed by atoms with Crippen LogP contribution >= 0.6 is 11.3 Å². The molecule has 0 N–H and O–H groups in total. The van der Waals surface area contributed by atoms with Gasteiger partial charge in [-0.1, -0.05) is 182 Å². The molecule has 0 radical (unpaired) electrons. The molecule has 3 heteroatoms. The van der Waals surface area contributed by atoms with Crippen LogP contribution in [0.5, 0.6) is 0 Å². The third-order valence-electron chi connectivity index (χ3n) is 13.3. The first-order valence-corrected chi connectivity index (χ1v) is 22.7. The Kier molecular flexibility index (Phi) is 8.34. The fourth-order valence-electron chi connectivity index (χ4n) is 10.7. The molecule has 0 unspecified atom stereocenters. The molecule has 0 fully saturated rings. The van der Waals surface area contributed by atoms with Crippen LogP contribution in [0.3, 0.4) is 0 Å². The number of furan rings is 1. The number of fused-ring (bicyclic) bond motifs is 9. The van der Waals surface area contributed by atoms with Gasteiger partial charge in [-0.3, -0.25) is 0 Å². The van der Waals surface area contributed by atoms with Gasteiger partial charge >= 0.3 is 0 Å². The van der Waals surface area contributed by atoms with Gasteiger partial charge in [0.05, 0.1) is 16.5 Å². The van der Waals surface area contributed by atoms with Gasteiger partial charge in [-0.05, 0) is 105 Å². The minimum atomic E-state index is -0.553. The summed E-state index contributed by atoms with van der Waals surface area (Å²) < 4.78 is 9.45. The molecule has 1 aliphatic rings. The van der Waals surface area contributed by atoms with Crippen LogP contribution in [0.4, 0.5) is 17.1 Å². The van der Waals surface area contributed by atoms with Crippen molar-refractivity contribution in [2.45, 2.75) is 5.41 Å². The fourth-order valence-corrected chi connectivity index (χ4v) is 11.8. The largest absolute Gasteiger partial charge is 0.455 e. The average Bonchev–Trinajstić information content (AvgIpc) is 4.04. The molecule has 13 rings (SSSR count). The molecule has 0 aliphatic heterocycles. The average molecular weight is 834 g/mol. The van der Waals surface area contributed by atoms with Gasteiger partial charge in [-0.2, -0.15) is 0 Å². The number of hydrogen-bond acceptors (Lipinski definition) is 3. The van der Waals surface area contributed by atoms with Gasteiger partial charge in [0, 0.05) is 42.5 Å². The van der Waals surface area contributed by atoms with Crippen molar-refractivity contribution < 1.29 is 4.42 Å². The molecule has 0 saturated carbocycles. The molecule has 2 aromatic heterocycles. The van der Waals surface area contributed by atoms with Crippen molar-refractivity contribution in [3.63, 3.8) is 0 Å². The molecule has 2 heterocycles. The van der Waals surface area contributed by atoms with Crippen LogP contribution in [0.1, 0.15) is 22.3 Å². The molecular weight excluding hydrogens is 795 g/mol. The molecule has 1 aliphatic carbocycles. The van der Waals surface area contributed by atoms with E-state index in [1.165, 1.54) is 64.7 Å². The summed E-state index contributed by atoms with van der Waals surface area (Å²) in [4.78, 5) is 2.47. The standard InChI is InChI=1S/C61H39NOS/c1-4-18-40(19-5-1)46-29-17-33-57-58(46)51-39-45(34-37-56(51)64-57)62(54-36-35-47(41-20-6-2-7-21-41)60-59(54)50-28-12-15-32-55(50)63-60)44-25-16-24-43(38-44)61(42-22-8-3-9-23-42)52-30-13-10-26-48(52)49-27-11-14-31-53(49)61/h1-39H. The third kappa shape index (κ3) is 5.44. The number of benzene rings is 10. The summed E-state index contributed by atoms with van der Waals surface area (Å²) >= 11 is 1.86. The lowest BCUT2D eigenvalue weighted by Gasteiger charge is -2.35.